The summed E-state index contributed by atoms with van der Waals surface area (Å²) in [6.45, 7) is 5.46. The van der Waals surface area contributed by atoms with Gasteiger partial charge < -0.3 is 15.8 Å². The predicted octanol–water partition coefficient (Wildman–Crippen LogP) is 0.759. The molecule has 1 fully saturated rings. The van der Waals surface area contributed by atoms with Crippen LogP contribution in [0.15, 0.2) is 0 Å². The summed E-state index contributed by atoms with van der Waals surface area (Å²) in [5.41, 5.74) is 6.02. The fourth-order valence-electron chi connectivity index (χ4n) is 2.46. The van der Waals surface area contributed by atoms with Crippen LogP contribution in [0, 0.1) is 17.8 Å². The van der Waals surface area contributed by atoms with Gasteiger partial charge in [-0.25, -0.2) is 0 Å². The molecule has 0 saturated heterocycles. The number of hydrogen-bond acceptors (Lipinski definition) is 3. The average molecular weight is 228 g/mol. The third-order valence-electron chi connectivity index (χ3n) is 3.63. The second kappa shape index (κ2) is 6.21. The minimum atomic E-state index is 0.0723. The maximum absolute atomic E-state index is 11.9. The molecule has 4 atom stereocenters. The second-order valence-corrected chi connectivity index (χ2v) is 4.98. The molecule has 94 valence electrons. The second-order valence-electron chi connectivity index (χ2n) is 4.98. The molecule has 1 aliphatic carbocycles. The molecule has 1 rings (SSSR count). The molecule has 16 heavy (non-hydrogen) atoms. The zero-order valence-corrected chi connectivity index (χ0v) is 10.5. The fraction of sp³-hybridized carbons (Fsp3) is 0.917. The Kier molecular flexibility index (Phi) is 5.22. The van der Waals surface area contributed by atoms with Gasteiger partial charge in [0.15, 0.2) is 0 Å². The molecule has 0 radical (unpaired) electrons. The fourth-order valence-corrected chi connectivity index (χ4v) is 2.46. The maximum atomic E-state index is 11.9. The quantitative estimate of drug-likeness (QED) is 0.698. The molecule has 0 spiro atoms. The van der Waals surface area contributed by atoms with Gasteiger partial charge in [0.2, 0.25) is 5.91 Å². The molecule has 0 aromatic carbocycles. The lowest BCUT2D eigenvalue weighted by atomic mass is 9.72. The highest BCUT2D eigenvalue weighted by Crippen LogP contribution is 2.32. The topological polar surface area (TPSA) is 64.3 Å². The summed E-state index contributed by atoms with van der Waals surface area (Å²) < 4.78 is 4.91. The van der Waals surface area contributed by atoms with Crippen molar-refractivity contribution in [2.24, 2.45) is 23.5 Å². The molecule has 4 unspecified atom stereocenters. The van der Waals surface area contributed by atoms with Crippen LogP contribution >= 0.6 is 0 Å². The van der Waals surface area contributed by atoms with Crippen LogP contribution < -0.4 is 11.1 Å². The Morgan fingerprint density at radius 3 is 2.69 bits per heavy atom. The van der Waals surface area contributed by atoms with Gasteiger partial charge in [-0.05, 0) is 24.7 Å². The molecule has 0 aliphatic heterocycles. The number of methoxy groups -OCH3 is 1. The minimum absolute atomic E-state index is 0.0723. The van der Waals surface area contributed by atoms with Gasteiger partial charge in [0.1, 0.15) is 0 Å². The maximum Gasteiger partial charge on any atom is 0.223 e. The SMILES string of the molecule is COCCNC(=O)C1CC(N)C(C)CC1C. The van der Waals surface area contributed by atoms with Crippen LogP contribution in [0.25, 0.3) is 0 Å². The number of ether oxygens (including phenoxy) is 1. The molecule has 0 heterocycles. The van der Waals surface area contributed by atoms with Gasteiger partial charge >= 0.3 is 0 Å². The number of rotatable bonds is 4. The summed E-state index contributed by atoms with van der Waals surface area (Å²) in [6.07, 6.45) is 1.85. The molecule has 1 aliphatic rings. The lowest BCUT2D eigenvalue weighted by Gasteiger charge is -2.36. The Labute approximate surface area is 97.9 Å². The van der Waals surface area contributed by atoms with E-state index in [1.807, 2.05) is 0 Å². The highest BCUT2D eigenvalue weighted by Gasteiger charge is 2.34. The first-order chi connectivity index (χ1) is 7.56. The molecular formula is C12H24N2O2. The van der Waals surface area contributed by atoms with E-state index in [4.69, 9.17) is 10.5 Å². The van der Waals surface area contributed by atoms with Crippen molar-refractivity contribution < 1.29 is 9.53 Å². The van der Waals surface area contributed by atoms with Gasteiger partial charge in [-0.2, -0.15) is 0 Å². The Morgan fingerprint density at radius 1 is 1.38 bits per heavy atom. The zero-order valence-electron chi connectivity index (χ0n) is 10.5. The third kappa shape index (κ3) is 3.46. The third-order valence-corrected chi connectivity index (χ3v) is 3.63. The normalized spacial score (nSPS) is 34.8. The van der Waals surface area contributed by atoms with Gasteiger partial charge in [0, 0.05) is 25.6 Å². The van der Waals surface area contributed by atoms with Crippen LogP contribution in [-0.4, -0.2) is 32.2 Å². The van der Waals surface area contributed by atoms with Gasteiger partial charge in [0.25, 0.3) is 0 Å². The van der Waals surface area contributed by atoms with Crippen molar-refractivity contribution in [3.8, 4) is 0 Å². The Morgan fingerprint density at radius 2 is 2.06 bits per heavy atom. The van der Waals surface area contributed by atoms with Gasteiger partial charge in [0.05, 0.1) is 6.61 Å². The van der Waals surface area contributed by atoms with E-state index in [2.05, 4.69) is 19.2 Å². The van der Waals surface area contributed by atoms with E-state index in [1.54, 1.807) is 7.11 Å². The van der Waals surface area contributed by atoms with Crippen LogP contribution in [0.5, 0.6) is 0 Å². The smallest absolute Gasteiger partial charge is 0.223 e. The molecule has 0 aromatic rings. The van der Waals surface area contributed by atoms with Crippen LogP contribution in [0.4, 0.5) is 0 Å². The molecule has 1 saturated carbocycles. The first kappa shape index (κ1) is 13.5. The van der Waals surface area contributed by atoms with E-state index in [9.17, 15) is 4.79 Å². The van der Waals surface area contributed by atoms with E-state index in [1.165, 1.54) is 0 Å². The molecule has 1 amide bonds. The van der Waals surface area contributed by atoms with Crippen molar-refractivity contribution in [1.82, 2.24) is 5.32 Å². The first-order valence-electron chi connectivity index (χ1n) is 6.08. The number of nitrogens with one attached hydrogen (secondary N) is 1. The standard InChI is InChI=1S/C12H24N2O2/c1-8-6-9(2)11(13)7-10(8)12(15)14-4-5-16-3/h8-11H,4-7,13H2,1-3H3,(H,14,15). The van der Waals surface area contributed by atoms with Crippen LogP contribution in [0.2, 0.25) is 0 Å². The molecule has 3 N–H and O–H groups in total. The highest BCUT2D eigenvalue weighted by atomic mass is 16.5. The van der Waals surface area contributed by atoms with Crippen molar-refractivity contribution >= 4 is 5.91 Å². The van der Waals surface area contributed by atoms with Crippen molar-refractivity contribution in [3.63, 3.8) is 0 Å². The van der Waals surface area contributed by atoms with E-state index >= 15 is 0 Å². The first-order valence-corrected chi connectivity index (χ1v) is 6.08. The number of carbonyl (C=O) groups is 1. The average Bonchev–Trinajstić information content (AvgIpc) is 2.23. The Balaban J connectivity index is 2.42. The van der Waals surface area contributed by atoms with Crippen LogP contribution in [0.1, 0.15) is 26.7 Å². The molecule has 0 aromatic heterocycles. The van der Waals surface area contributed by atoms with Gasteiger partial charge in [-0.3, -0.25) is 4.79 Å². The molecule has 4 nitrogen and oxygen atoms in total. The number of amides is 1. The van der Waals surface area contributed by atoms with Crippen molar-refractivity contribution in [2.75, 3.05) is 20.3 Å². The monoisotopic (exact) mass is 228 g/mol. The lowest BCUT2D eigenvalue weighted by molar-refractivity contribution is -0.128. The number of carbonyl (C=O) groups excluding carboxylic acids is 1. The molecular weight excluding hydrogens is 204 g/mol. The van der Waals surface area contributed by atoms with E-state index in [0.717, 1.165) is 12.8 Å². The Hall–Kier alpha value is -0.610. The summed E-state index contributed by atoms with van der Waals surface area (Å²) in [5.74, 6) is 1.16. The van der Waals surface area contributed by atoms with Crippen LogP contribution in [-0.2, 0) is 9.53 Å². The molecule has 4 heteroatoms. The Bertz CT molecular complexity index is 233. The predicted molar refractivity (Wildman–Crippen MR) is 63.9 cm³/mol. The van der Waals surface area contributed by atoms with Gasteiger partial charge in [-0.1, -0.05) is 13.8 Å². The van der Waals surface area contributed by atoms with Crippen molar-refractivity contribution in [1.29, 1.82) is 0 Å². The summed E-state index contributed by atoms with van der Waals surface area (Å²) in [6, 6.07) is 0.161. The van der Waals surface area contributed by atoms with Gasteiger partial charge in [-0.15, -0.1) is 0 Å². The number of nitrogens with two attached hydrogens (primary N) is 1. The molecule has 0 bridgehead atoms. The van der Waals surface area contributed by atoms with E-state index in [-0.39, 0.29) is 17.9 Å². The summed E-state index contributed by atoms with van der Waals surface area (Å²) in [5, 5.41) is 2.90. The van der Waals surface area contributed by atoms with E-state index in [0.29, 0.717) is 25.0 Å². The van der Waals surface area contributed by atoms with Crippen molar-refractivity contribution in [2.45, 2.75) is 32.7 Å². The summed E-state index contributed by atoms with van der Waals surface area (Å²) in [7, 11) is 1.63. The zero-order chi connectivity index (χ0) is 12.1. The van der Waals surface area contributed by atoms with E-state index < -0.39 is 0 Å². The number of hydrogen-bond donors (Lipinski definition) is 2. The minimum Gasteiger partial charge on any atom is -0.383 e. The lowest BCUT2D eigenvalue weighted by Crippen LogP contribution is -2.45. The largest absolute Gasteiger partial charge is 0.383 e. The summed E-state index contributed by atoms with van der Waals surface area (Å²) >= 11 is 0. The van der Waals surface area contributed by atoms with Crippen LogP contribution in [0.3, 0.4) is 0 Å². The van der Waals surface area contributed by atoms with Crippen molar-refractivity contribution in [3.05, 3.63) is 0 Å². The summed E-state index contributed by atoms with van der Waals surface area (Å²) in [4.78, 5) is 11.9. The highest BCUT2D eigenvalue weighted by molar-refractivity contribution is 5.79.